The van der Waals surface area contributed by atoms with Crippen LogP contribution in [0.1, 0.15) is 54.5 Å². The Hall–Kier alpha value is -0.235. The molecule has 2 heteroatoms. The Morgan fingerprint density at radius 2 is 1.87 bits per heavy atom. The Morgan fingerprint density at radius 1 is 1.27 bits per heavy atom. The van der Waals surface area contributed by atoms with Crippen molar-refractivity contribution >= 4 is 19.2 Å². The zero-order chi connectivity index (χ0) is 11.6. The molecule has 2 rings (SSSR count). The maximum Gasteiger partial charge on any atom is 0.0818 e. The molecule has 0 amide bonds. The highest BCUT2D eigenvalue weighted by molar-refractivity contribution is 7.12. The highest BCUT2D eigenvalue weighted by Gasteiger charge is 2.30. The van der Waals surface area contributed by atoms with Crippen molar-refractivity contribution in [2.75, 3.05) is 0 Å². The van der Waals surface area contributed by atoms with Gasteiger partial charge < -0.3 is 0 Å². The standard InChI is InChI=1S/C11H15BS.C2H6/c1-7-8(2)13-10-9(7)5-4-6-11(10,3)12;1-2/h4-6H2,1-3H3;1-2H3. The summed E-state index contributed by atoms with van der Waals surface area (Å²) in [5.74, 6) is 0. The Kier molecular flexibility index (Phi) is 4.05. The van der Waals surface area contributed by atoms with Gasteiger partial charge in [0.05, 0.1) is 7.85 Å². The van der Waals surface area contributed by atoms with E-state index >= 15 is 0 Å². The summed E-state index contributed by atoms with van der Waals surface area (Å²) in [4.78, 5) is 2.89. The first kappa shape index (κ1) is 12.8. The second kappa shape index (κ2) is 4.73. The topological polar surface area (TPSA) is 0 Å². The minimum atomic E-state index is -0.0583. The smallest absolute Gasteiger partial charge is 0.0818 e. The molecule has 0 fully saturated rings. The molecule has 15 heavy (non-hydrogen) atoms. The van der Waals surface area contributed by atoms with Crippen molar-refractivity contribution in [3.05, 3.63) is 20.9 Å². The molecule has 1 aromatic heterocycles. The first-order valence-corrected chi connectivity index (χ1v) is 6.72. The van der Waals surface area contributed by atoms with Crippen LogP contribution in [0.5, 0.6) is 0 Å². The van der Waals surface area contributed by atoms with Gasteiger partial charge in [-0.15, -0.1) is 11.3 Å². The van der Waals surface area contributed by atoms with Crippen molar-refractivity contribution < 1.29 is 0 Å². The van der Waals surface area contributed by atoms with Crippen molar-refractivity contribution in [2.24, 2.45) is 0 Å². The molecule has 0 aliphatic heterocycles. The van der Waals surface area contributed by atoms with E-state index in [-0.39, 0.29) is 5.31 Å². The van der Waals surface area contributed by atoms with Crippen LogP contribution in [0, 0.1) is 13.8 Å². The van der Waals surface area contributed by atoms with Gasteiger partial charge in [-0.1, -0.05) is 27.2 Å². The molecule has 0 nitrogen and oxygen atoms in total. The fraction of sp³-hybridized carbons (Fsp3) is 0.692. The molecule has 1 atom stereocenters. The maximum atomic E-state index is 6.28. The third kappa shape index (κ3) is 2.30. The van der Waals surface area contributed by atoms with Gasteiger partial charge in [-0.2, -0.15) is 0 Å². The van der Waals surface area contributed by atoms with Gasteiger partial charge in [0, 0.05) is 9.75 Å². The fourth-order valence-corrected chi connectivity index (χ4v) is 3.48. The number of rotatable bonds is 0. The van der Waals surface area contributed by atoms with E-state index in [1.807, 2.05) is 25.2 Å². The third-order valence-corrected chi connectivity index (χ3v) is 4.68. The van der Waals surface area contributed by atoms with Crippen LogP contribution < -0.4 is 0 Å². The maximum absolute atomic E-state index is 6.28. The Bertz CT molecular complexity index is 337. The van der Waals surface area contributed by atoms with Crippen LogP contribution >= 0.6 is 11.3 Å². The first-order valence-electron chi connectivity index (χ1n) is 5.90. The Morgan fingerprint density at radius 3 is 2.40 bits per heavy atom. The molecule has 2 radical (unpaired) electrons. The lowest BCUT2D eigenvalue weighted by Crippen LogP contribution is -2.25. The Balaban J connectivity index is 0.000000531. The normalized spacial score (nSPS) is 24.1. The third-order valence-electron chi connectivity index (χ3n) is 3.15. The fourth-order valence-electron chi connectivity index (χ4n) is 2.18. The summed E-state index contributed by atoms with van der Waals surface area (Å²) >= 11 is 1.90. The molecule has 0 saturated heterocycles. The molecule has 1 heterocycles. The highest BCUT2D eigenvalue weighted by Crippen LogP contribution is 2.42. The predicted molar refractivity (Wildman–Crippen MR) is 71.2 cm³/mol. The first-order chi connectivity index (χ1) is 7.02. The van der Waals surface area contributed by atoms with E-state index in [1.54, 1.807) is 5.56 Å². The number of thiophene rings is 1. The molecule has 0 aromatic carbocycles. The molecular formula is C13H21BS. The molecule has 0 N–H and O–H groups in total. The molecule has 82 valence electrons. The largest absolute Gasteiger partial charge is 0.145 e. The lowest BCUT2D eigenvalue weighted by molar-refractivity contribution is 0.544. The van der Waals surface area contributed by atoms with E-state index in [9.17, 15) is 0 Å². The van der Waals surface area contributed by atoms with E-state index in [0.717, 1.165) is 6.42 Å². The van der Waals surface area contributed by atoms with Gasteiger partial charge in [0.1, 0.15) is 0 Å². The van der Waals surface area contributed by atoms with Gasteiger partial charge in [0.15, 0.2) is 0 Å². The average Bonchev–Trinajstić information content (AvgIpc) is 2.49. The van der Waals surface area contributed by atoms with E-state index in [4.69, 9.17) is 7.85 Å². The monoisotopic (exact) mass is 220 g/mol. The molecular weight excluding hydrogens is 199 g/mol. The van der Waals surface area contributed by atoms with Crippen molar-refractivity contribution in [3.8, 4) is 0 Å². The average molecular weight is 220 g/mol. The summed E-state index contributed by atoms with van der Waals surface area (Å²) in [5.41, 5.74) is 3.02. The molecule has 0 spiro atoms. The van der Waals surface area contributed by atoms with Crippen molar-refractivity contribution in [1.82, 2.24) is 0 Å². The van der Waals surface area contributed by atoms with Gasteiger partial charge in [-0.05, 0) is 43.1 Å². The number of hydrogen-bond donors (Lipinski definition) is 0. The van der Waals surface area contributed by atoms with Crippen LogP contribution in [0.15, 0.2) is 0 Å². The molecule has 1 aromatic rings. The molecule has 1 aliphatic rings. The summed E-state index contributed by atoms with van der Waals surface area (Å²) in [6, 6.07) is 0. The summed E-state index contributed by atoms with van der Waals surface area (Å²) in [6.45, 7) is 10.6. The summed E-state index contributed by atoms with van der Waals surface area (Å²) in [7, 11) is 6.28. The van der Waals surface area contributed by atoms with Crippen LogP contribution in [-0.4, -0.2) is 7.85 Å². The number of aryl methyl sites for hydroxylation is 1. The minimum absolute atomic E-state index is 0.0583. The lowest BCUT2D eigenvalue weighted by atomic mass is 9.62. The zero-order valence-corrected chi connectivity index (χ0v) is 11.4. The molecule has 1 aliphatic carbocycles. The van der Waals surface area contributed by atoms with Crippen LogP contribution in [0.4, 0.5) is 0 Å². The van der Waals surface area contributed by atoms with Crippen molar-refractivity contribution in [1.29, 1.82) is 0 Å². The molecule has 0 saturated carbocycles. The van der Waals surface area contributed by atoms with E-state index in [0.29, 0.717) is 0 Å². The summed E-state index contributed by atoms with van der Waals surface area (Å²) in [5, 5.41) is -0.0583. The predicted octanol–water partition coefficient (Wildman–Crippen LogP) is 4.11. The molecule has 1 unspecified atom stereocenters. The number of hydrogen-bond acceptors (Lipinski definition) is 1. The second-order valence-corrected chi connectivity index (χ2v) is 5.59. The second-order valence-electron chi connectivity index (χ2n) is 4.36. The van der Waals surface area contributed by atoms with Gasteiger partial charge in [0.25, 0.3) is 0 Å². The van der Waals surface area contributed by atoms with Crippen LogP contribution in [0.3, 0.4) is 0 Å². The summed E-state index contributed by atoms with van der Waals surface area (Å²) < 4.78 is 0. The van der Waals surface area contributed by atoms with Crippen molar-refractivity contribution in [3.63, 3.8) is 0 Å². The van der Waals surface area contributed by atoms with Gasteiger partial charge in [-0.3, -0.25) is 0 Å². The van der Waals surface area contributed by atoms with E-state index < -0.39 is 0 Å². The molecule has 0 bridgehead atoms. The van der Waals surface area contributed by atoms with Gasteiger partial charge in [0.2, 0.25) is 0 Å². The van der Waals surface area contributed by atoms with E-state index in [1.165, 1.54) is 28.2 Å². The van der Waals surface area contributed by atoms with E-state index in [2.05, 4.69) is 20.8 Å². The van der Waals surface area contributed by atoms with Gasteiger partial charge in [-0.25, -0.2) is 0 Å². The van der Waals surface area contributed by atoms with Crippen molar-refractivity contribution in [2.45, 2.75) is 59.2 Å². The summed E-state index contributed by atoms with van der Waals surface area (Å²) in [6.07, 6.45) is 3.62. The quantitative estimate of drug-likeness (QED) is 0.577. The van der Waals surface area contributed by atoms with Crippen LogP contribution in [-0.2, 0) is 11.7 Å². The van der Waals surface area contributed by atoms with Crippen LogP contribution in [0.2, 0.25) is 0 Å². The lowest BCUT2D eigenvalue weighted by Gasteiger charge is -2.30. The number of fused-ring (bicyclic) bond motifs is 1. The zero-order valence-electron chi connectivity index (χ0n) is 10.6. The minimum Gasteiger partial charge on any atom is -0.145 e. The van der Waals surface area contributed by atoms with Gasteiger partial charge >= 0.3 is 0 Å². The Labute approximate surface area is 99.5 Å². The SMILES string of the molecule is CC.[B]C1(C)CCCc2c1sc(C)c2C. The van der Waals surface area contributed by atoms with Crippen LogP contribution in [0.25, 0.3) is 0 Å². The highest BCUT2D eigenvalue weighted by atomic mass is 32.1.